The number of fused-ring (bicyclic) bond motifs is 1. The van der Waals surface area contributed by atoms with Crippen LogP contribution in [0.5, 0.6) is 5.75 Å². The van der Waals surface area contributed by atoms with Crippen LogP contribution in [-0.4, -0.2) is 79.3 Å². The molecule has 5 amide bonds. The molecule has 0 radical (unpaired) electrons. The summed E-state index contributed by atoms with van der Waals surface area (Å²) in [5.41, 5.74) is 1.14. The van der Waals surface area contributed by atoms with E-state index in [4.69, 9.17) is 4.74 Å². The summed E-state index contributed by atoms with van der Waals surface area (Å²) in [4.78, 5) is 69.2. The minimum atomic E-state index is -1.01. The SMILES string of the molecule is CC(C)CNC(=O)[C@@H]1CCC(=O)N[C@@H](Cc2ccccc2)C(=O)N[C@@H](CC(C)C)C(=O)N(C)CCCCCCOc2ccccc2C(=O)N1. The van der Waals surface area contributed by atoms with Crippen molar-refractivity contribution in [2.24, 2.45) is 11.8 Å². The Labute approximate surface area is 291 Å². The molecule has 11 heteroatoms. The second-order valence-corrected chi connectivity index (χ2v) is 13.7. The van der Waals surface area contributed by atoms with Crippen molar-refractivity contribution >= 4 is 29.5 Å². The Balaban J connectivity index is 1.90. The number of carbonyl (C=O) groups is 5. The average molecular weight is 678 g/mol. The van der Waals surface area contributed by atoms with Crippen LogP contribution in [0, 0.1) is 11.8 Å². The maximum Gasteiger partial charge on any atom is 0.255 e. The summed E-state index contributed by atoms with van der Waals surface area (Å²) < 4.78 is 5.99. The van der Waals surface area contributed by atoms with Crippen molar-refractivity contribution < 1.29 is 28.7 Å². The molecule has 0 saturated heterocycles. The van der Waals surface area contributed by atoms with Gasteiger partial charge >= 0.3 is 0 Å². The van der Waals surface area contributed by atoms with Gasteiger partial charge in [0.05, 0.1) is 12.2 Å². The second-order valence-electron chi connectivity index (χ2n) is 13.7. The molecule has 0 aliphatic carbocycles. The van der Waals surface area contributed by atoms with Crippen molar-refractivity contribution in [2.75, 3.05) is 26.7 Å². The van der Waals surface area contributed by atoms with Crippen molar-refractivity contribution in [1.29, 1.82) is 0 Å². The van der Waals surface area contributed by atoms with Crippen LogP contribution in [0.2, 0.25) is 0 Å². The molecule has 1 aliphatic rings. The number of ether oxygens (including phenoxy) is 1. The molecule has 49 heavy (non-hydrogen) atoms. The molecule has 0 unspecified atom stereocenters. The predicted molar refractivity (Wildman–Crippen MR) is 190 cm³/mol. The number of nitrogens with zero attached hydrogens (tertiary/aromatic N) is 1. The highest BCUT2D eigenvalue weighted by atomic mass is 16.5. The van der Waals surface area contributed by atoms with E-state index in [1.807, 2.05) is 58.0 Å². The lowest BCUT2D eigenvalue weighted by Crippen LogP contribution is -2.55. The fourth-order valence-electron chi connectivity index (χ4n) is 5.64. The molecule has 3 rings (SSSR count). The lowest BCUT2D eigenvalue weighted by molar-refractivity contribution is -0.137. The zero-order valence-corrected chi connectivity index (χ0v) is 29.8. The number of benzene rings is 2. The van der Waals surface area contributed by atoms with Crippen molar-refractivity contribution in [3.05, 3.63) is 65.7 Å². The van der Waals surface area contributed by atoms with E-state index < -0.39 is 41.8 Å². The van der Waals surface area contributed by atoms with E-state index in [2.05, 4.69) is 21.3 Å². The number of hydrogen-bond acceptors (Lipinski definition) is 6. The number of rotatable bonds is 7. The van der Waals surface area contributed by atoms with E-state index in [0.717, 1.165) is 31.2 Å². The van der Waals surface area contributed by atoms with Crippen LogP contribution in [0.3, 0.4) is 0 Å². The molecule has 2 aromatic rings. The third-order valence-corrected chi connectivity index (χ3v) is 8.38. The van der Waals surface area contributed by atoms with Gasteiger partial charge in [-0.15, -0.1) is 0 Å². The Bertz CT molecular complexity index is 1380. The molecule has 1 heterocycles. The lowest BCUT2D eigenvalue weighted by Gasteiger charge is -2.28. The van der Waals surface area contributed by atoms with Gasteiger partial charge in [-0.2, -0.15) is 0 Å². The first kappa shape index (κ1) is 39.0. The number of likely N-dealkylation sites (N-methyl/N-ethyl adjacent to an activating group) is 1. The van der Waals surface area contributed by atoms with Gasteiger partial charge < -0.3 is 30.9 Å². The Morgan fingerprint density at radius 2 is 1.55 bits per heavy atom. The number of nitrogens with one attached hydrogen (secondary N) is 4. The zero-order valence-electron chi connectivity index (χ0n) is 29.8. The zero-order chi connectivity index (χ0) is 35.8. The van der Waals surface area contributed by atoms with Gasteiger partial charge in [0, 0.05) is 33.0 Å². The second kappa shape index (κ2) is 20.2. The molecule has 0 fully saturated rings. The van der Waals surface area contributed by atoms with E-state index in [-0.39, 0.29) is 37.0 Å². The summed E-state index contributed by atoms with van der Waals surface area (Å²) in [6.07, 6.45) is 3.84. The van der Waals surface area contributed by atoms with Crippen molar-refractivity contribution in [3.8, 4) is 5.75 Å². The molecular formula is C38H55N5O6. The van der Waals surface area contributed by atoms with Gasteiger partial charge in [-0.25, -0.2) is 0 Å². The van der Waals surface area contributed by atoms with E-state index in [0.29, 0.717) is 37.4 Å². The van der Waals surface area contributed by atoms with Gasteiger partial charge in [0.25, 0.3) is 5.91 Å². The van der Waals surface area contributed by atoms with Crippen LogP contribution in [0.4, 0.5) is 0 Å². The molecule has 0 bridgehead atoms. The monoisotopic (exact) mass is 677 g/mol. The fourth-order valence-corrected chi connectivity index (χ4v) is 5.64. The molecule has 2 aromatic carbocycles. The summed E-state index contributed by atoms with van der Waals surface area (Å²) in [7, 11) is 1.75. The number of para-hydroxylation sites is 1. The summed E-state index contributed by atoms with van der Waals surface area (Å²) in [5, 5.41) is 11.5. The maximum absolute atomic E-state index is 13.8. The highest BCUT2D eigenvalue weighted by molar-refractivity contribution is 6.00. The van der Waals surface area contributed by atoms with Crippen LogP contribution in [0.15, 0.2) is 54.6 Å². The Hall–Kier alpha value is -4.41. The highest BCUT2D eigenvalue weighted by Gasteiger charge is 2.30. The fraction of sp³-hybridized carbons (Fsp3) is 0.553. The molecular weight excluding hydrogens is 622 g/mol. The lowest BCUT2D eigenvalue weighted by atomic mass is 10.0. The molecule has 0 aromatic heterocycles. The molecule has 11 nitrogen and oxygen atoms in total. The number of amides is 5. The number of carbonyl (C=O) groups excluding carboxylic acids is 5. The van der Waals surface area contributed by atoms with Crippen LogP contribution in [0.1, 0.15) is 88.6 Å². The quantitative estimate of drug-likeness (QED) is 0.349. The van der Waals surface area contributed by atoms with E-state index >= 15 is 0 Å². The topological polar surface area (TPSA) is 146 Å². The summed E-state index contributed by atoms with van der Waals surface area (Å²) in [5.74, 6) is -1.22. The minimum absolute atomic E-state index is 0.00343. The Kier molecular flexibility index (Phi) is 16.1. The molecule has 1 aliphatic heterocycles. The molecule has 268 valence electrons. The van der Waals surface area contributed by atoms with Crippen molar-refractivity contribution in [3.63, 3.8) is 0 Å². The smallest absolute Gasteiger partial charge is 0.255 e. The Morgan fingerprint density at radius 3 is 2.27 bits per heavy atom. The number of hydrogen-bond donors (Lipinski definition) is 4. The highest BCUT2D eigenvalue weighted by Crippen LogP contribution is 2.19. The van der Waals surface area contributed by atoms with Crippen LogP contribution in [0.25, 0.3) is 0 Å². The van der Waals surface area contributed by atoms with Gasteiger partial charge in [0.2, 0.25) is 23.6 Å². The minimum Gasteiger partial charge on any atom is -0.493 e. The van der Waals surface area contributed by atoms with E-state index in [9.17, 15) is 24.0 Å². The first-order valence-electron chi connectivity index (χ1n) is 17.6. The Morgan fingerprint density at radius 1 is 0.857 bits per heavy atom. The van der Waals surface area contributed by atoms with Crippen molar-refractivity contribution in [1.82, 2.24) is 26.2 Å². The first-order chi connectivity index (χ1) is 23.4. The van der Waals surface area contributed by atoms with Gasteiger partial charge in [-0.1, -0.05) is 83.0 Å². The van der Waals surface area contributed by atoms with Crippen LogP contribution >= 0.6 is 0 Å². The van der Waals surface area contributed by atoms with Crippen LogP contribution in [-0.2, 0) is 25.6 Å². The van der Waals surface area contributed by atoms with Gasteiger partial charge in [-0.05, 0) is 55.2 Å². The maximum atomic E-state index is 13.8. The summed E-state index contributed by atoms with van der Waals surface area (Å²) in [6, 6.07) is 13.5. The van der Waals surface area contributed by atoms with E-state index in [1.165, 1.54) is 0 Å². The third kappa shape index (κ3) is 13.6. The van der Waals surface area contributed by atoms with Crippen molar-refractivity contribution in [2.45, 2.75) is 97.2 Å². The standard InChI is InChI=1S/C38H55N5O6/c1-26(2)23-32-38(48)43(5)21-13-6-7-14-22-49-33-18-12-11-17-29(33)35(45)41-30(36(46)39-25-27(3)4)19-20-34(44)40-31(37(47)42-32)24-28-15-9-8-10-16-28/h8-12,15-18,26-27,30-32H,6-7,13-14,19-25H2,1-5H3,(H,39,46)(H,40,44)(H,41,45)(H,42,47)/t30-,31-,32-/m0/s1. The van der Waals surface area contributed by atoms with E-state index in [1.54, 1.807) is 36.2 Å². The van der Waals surface area contributed by atoms with Gasteiger partial charge in [0.15, 0.2) is 0 Å². The first-order valence-corrected chi connectivity index (χ1v) is 17.6. The predicted octanol–water partition coefficient (Wildman–Crippen LogP) is 4.01. The third-order valence-electron chi connectivity index (χ3n) is 8.38. The molecule has 0 spiro atoms. The molecule has 0 saturated carbocycles. The normalized spacial score (nSPS) is 21.0. The molecule has 4 N–H and O–H groups in total. The largest absolute Gasteiger partial charge is 0.493 e. The average Bonchev–Trinajstić information content (AvgIpc) is 3.07. The summed E-state index contributed by atoms with van der Waals surface area (Å²) in [6.45, 7) is 9.28. The summed E-state index contributed by atoms with van der Waals surface area (Å²) >= 11 is 0. The van der Waals surface area contributed by atoms with Gasteiger partial charge in [0.1, 0.15) is 23.9 Å². The van der Waals surface area contributed by atoms with Crippen LogP contribution < -0.4 is 26.0 Å². The molecule has 3 atom stereocenters. The van der Waals surface area contributed by atoms with Gasteiger partial charge in [-0.3, -0.25) is 24.0 Å².